The summed E-state index contributed by atoms with van der Waals surface area (Å²) in [7, 11) is 3.86. The van der Waals surface area contributed by atoms with Crippen molar-refractivity contribution in [3.63, 3.8) is 0 Å². The summed E-state index contributed by atoms with van der Waals surface area (Å²) < 4.78 is 0. The van der Waals surface area contributed by atoms with E-state index in [0.717, 1.165) is 37.0 Å². The van der Waals surface area contributed by atoms with E-state index in [1.165, 1.54) is 0 Å². The van der Waals surface area contributed by atoms with Gasteiger partial charge in [-0.05, 0) is 46.0 Å². The maximum absolute atomic E-state index is 13.0. The Hall–Kier alpha value is -1.88. The second-order valence-electron chi connectivity index (χ2n) is 6.07. The van der Waals surface area contributed by atoms with Gasteiger partial charge < -0.3 is 9.88 Å². The van der Waals surface area contributed by atoms with Crippen LogP contribution in [0.5, 0.6) is 0 Å². The lowest BCUT2D eigenvalue weighted by Gasteiger charge is -2.36. The Bertz CT molecular complexity index is 624. The Morgan fingerprint density at radius 3 is 2.57 bits per heavy atom. The lowest BCUT2D eigenvalue weighted by Crippen LogP contribution is -2.53. The average Bonchev–Trinajstić information content (AvgIpc) is 3.14. The van der Waals surface area contributed by atoms with Crippen LogP contribution in [0.25, 0.3) is 11.0 Å². The van der Waals surface area contributed by atoms with Crippen LogP contribution in [-0.2, 0) is 10.3 Å². The largest absolute Gasteiger partial charge is 0.341 e. The van der Waals surface area contributed by atoms with E-state index in [1.54, 1.807) is 0 Å². The minimum absolute atomic E-state index is 0.129. The van der Waals surface area contributed by atoms with Crippen LogP contribution < -0.4 is 0 Å². The maximum atomic E-state index is 13.0. The van der Waals surface area contributed by atoms with Crippen molar-refractivity contribution >= 4 is 16.9 Å². The number of nitrogens with zero attached hydrogens (tertiary/aromatic N) is 3. The summed E-state index contributed by atoms with van der Waals surface area (Å²) in [5.74, 6) is 0.842. The number of fused-ring (bicyclic) bond motifs is 1. The molecule has 0 aliphatic carbocycles. The first-order chi connectivity index (χ1) is 10.0. The van der Waals surface area contributed by atoms with E-state index in [2.05, 4.69) is 9.97 Å². The number of imidazole rings is 1. The Balaban J connectivity index is 2.05. The number of para-hydroxylation sites is 2. The fourth-order valence-corrected chi connectivity index (χ4v) is 2.92. The molecule has 112 valence electrons. The molecule has 1 aliphatic heterocycles. The summed E-state index contributed by atoms with van der Waals surface area (Å²) in [6, 6.07) is 7.88. The molecule has 1 unspecified atom stereocenters. The molecule has 5 heteroatoms. The van der Waals surface area contributed by atoms with Crippen LogP contribution in [0.4, 0.5) is 0 Å². The van der Waals surface area contributed by atoms with Crippen molar-refractivity contribution in [3.8, 4) is 0 Å². The third-order valence-corrected chi connectivity index (χ3v) is 4.55. The highest BCUT2D eigenvalue weighted by Gasteiger charge is 2.43. The minimum atomic E-state index is -0.761. The number of nitrogens with one attached hydrogen (secondary N) is 1. The van der Waals surface area contributed by atoms with Gasteiger partial charge in [0, 0.05) is 13.1 Å². The molecule has 1 saturated heterocycles. The molecule has 3 rings (SSSR count). The van der Waals surface area contributed by atoms with Crippen LogP contribution in [0.1, 0.15) is 25.6 Å². The van der Waals surface area contributed by atoms with Crippen molar-refractivity contribution in [2.24, 2.45) is 0 Å². The topological polar surface area (TPSA) is 52.2 Å². The number of carbonyl (C=O) groups is 1. The number of hydrogen-bond donors (Lipinski definition) is 1. The number of carbonyl (C=O) groups excluding carboxylic acids is 1. The molecule has 21 heavy (non-hydrogen) atoms. The summed E-state index contributed by atoms with van der Waals surface area (Å²) in [6.07, 6.45) is 2.19. The van der Waals surface area contributed by atoms with E-state index >= 15 is 0 Å². The molecule has 1 fully saturated rings. The van der Waals surface area contributed by atoms with Gasteiger partial charge in [-0.1, -0.05) is 12.1 Å². The Morgan fingerprint density at radius 2 is 1.95 bits per heavy atom. The zero-order chi connectivity index (χ0) is 15.0. The molecule has 2 heterocycles. The van der Waals surface area contributed by atoms with Crippen LogP contribution in [0.3, 0.4) is 0 Å². The number of benzene rings is 1. The van der Waals surface area contributed by atoms with Crippen LogP contribution in [0.2, 0.25) is 0 Å². The highest BCUT2D eigenvalue weighted by Crippen LogP contribution is 2.29. The van der Waals surface area contributed by atoms with Gasteiger partial charge in [-0.25, -0.2) is 4.98 Å². The minimum Gasteiger partial charge on any atom is -0.341 e. The van der Waals surface area contributed by atoms with Gasteiger partial charge in [-0.3, -0.25) is 9.69 Å². The standard InChI is InChI=1S/C16H22N4O/c1-16(19(2)3,15(21)20-10-6-7-11-20)14-17-12-8-4-5-9-13(12)18-14/h4-5,8-9H,6-7,10-11H2,1-3H3,(H,17,18). The lowest BCUT2D eigenvalue weighted by atomic mass is 9.98. The van der Waals surface area contributed by atoms with Gasteiger partial charge in [0.25, 0.3) is 5.91 Å². The first kappa shape index (κ1) is 14.1. The van der Waals surface area contributed by atoms with Crippen molar-refractivity contribution in [1.29, 1.82) is 0 Å². The molecule has 2 aromatic rings. The molecule has 0 spiro atoms. The van der Waals surface area contributed by atoms with Crippen LogP contribution in [0, 0.1) is 0 Å². The Morgan fingerprint density at radius 1 is 1.29 bits per heavy atom. The van der Waals surface area contributed by atoms with Gasteiger partial charge in [0.05, 0.1) is 11.0 Å². The summed E-state index contributed by atoms with van der Waals surface area (Å²) >= 11 is 0. The SMILES string of the molecule is CN(C)C(C)(C(=O)N1CCCC1)c1nc2ccccc2[nH]1. The molecule has 1 N–H and O–H groups in total. The molecule has 0 radical (unpaired) electrons. The molecule has 1 atom stereocenters. The molecule has 1 amide bonds. The lowest BCUT2D eigenvalue weighted by molar-refractivity contribution is -0.142. The first-order valence-corrected chi connectivity index (χ1v) is 7.45. The molecule has 0 saturated carbocycles. The number of aromatic amines is 1. The first-order valence-electron chi connectivity index (χ1n) is 7.45. The van der Waals surface area contributed by atoms with E-state index in [0.29, 0.717) is 5.82 Å². The second kappa shape index (κ2) is 5.15. The summed E-state index contributed by atoms with van der Waals surface area (Å²) in [6.45, 7) is 3.65. The van der Waals surface area contributed by atoms with Gasteiger partial charge >= 0.3 is 0 Å². The number of H-pyrrole nitrogens is 1. The van der Waals surface area contributed by atoms with Crippen molar-refractivity contribution in [1.82, 2.24) is 19.8 Å². The number of rotatable bonds is 3. The fraction of sp³-hybridized carbons (Fsp3) is 0.500. The van der Waals surface area contributed by atoms with E-state index < -0.39 is 5.54 Å². The van der Waals surface area contributed by atoms with Gasteiger partial charge in [-0.15, -0.1) is 0 Å². The van der Waals surface area contributed by atoms with Crippen molar-refractivity contribution in [2.75, 3.05) is 27.2 Å². The van der Waals surface area contributed by atoms with Crippen LogP contribution in [0.15, 0.2) is 24.3 Å². The third-order valence-electron chi connectivity index (χ3n) is 4.55. The Kier molecular flexibility index (Phi) is 3.45. The van der Waals surface area contributed by atoms with Gasteiger partial charge in [0.1, 0.15) is 5.82 Å². The zero-order valence-corrected chi connectivity index (χ0v) is 12.9. The van der Waals surface area contributed by atoms with E-state index in [-0.39, 0.29) is 5.91 Å². The maximum Gasteiger partial charge on any atom is 0.250 e. The van der Waals surface area contributed by atoms with E-state index in [1.807, 2.05) is 55.1 Å². The normalized spacial score (nSPS) is 18.4. The van der Waals surface area contributed by atoms with Crippen LogP contribution >= 0.6 is 0 Å². The van der Waals surface area contributed by atoms with E-state index in [9.17, 15) is 4.79 Å². The number of hydrogen-bond acceptors (Lipinski definition) is 3. The van der Waals surface area contributed by atoms with Crippen molar-refractivity contribution in [3.05, 3.63) is 30.1 Å². The highest BCUT2D eigenvalue weighted by molar-refractivity contribution is 5.88. The summed E-state index contributed by atoms with van der Waals surface area (Å²) in [4.78, 5) is 24.9. The quantitative estimate of drug-likeness (QED) is 0.938. The number of aromatic nitrogens is 2. The van der Waals surface area contributed by atoms with Crippen molar-refractivity contribution in [2.45, 2.75) is 25.3 Å². The average molecular weight is 286 g/mol. The molecule has 1 aliphatic rings. The third kappa shape index (κ3) is 2.21. The predicted octanol–water partition coefficient (Wildman–Crippen LogP) is 1.96. The fourth-order valence-electron chi connectivity index (χ4n) is 2.92. The monoisotopic (exact) mass is 286 g/mol. The molecular weight excluding hydrogens is 264 g/mol. The molecular formula is C16H22N4O. The number of likely N-dealkylation sites (tertiary alicyclic amines) is 1. The molecule has 0 bridgehead atoms. The summed E-state index contributed by atoms with van der Waals surface area (Å²) in [5.41, 5.74) is 1.10. The van der Waals surface area contributed by atoms with Gasteiger partial charge in [0.2, 0.25) is 0 Å². The van der Waals surface area contributed by atoms with Gasteiger partial charge in [0.15, 0.2) is 5.54 Å². The summed E-state index contributed by atoms with van der Waals surface area (Å²) in [5, 5.41) is 0. The number of likely N-dealkylation sites (N-methyl/N-ethyl adjacent to an activating group) is 1. The van der Waals surface area contributed by atoms with Crippen LogP contribution in [-0.4, -0.2) is 52.9 Å². The predicted molar refractivity (Wildman–Crippen MR) is 82.9 cm³/mol. The van der Waals surface area contributed by atoms with Gasteiger partial charge in [-0.2, -0.15) is 0 Å². The number of amides is 1. The smallest absolute Gasteiger partial charge is 0.250 e. The molecule has 1 aromatic carbocycles. The zero-order valence-electron chi connectivity index (χ0n) is 12.9. The Labute approximate surface area is 125 Å². The highest BCUT2D eigenvalue weighted by atomic mass is 16.2. The van der Waals surface area contributed by atoms with E-state index in [4.69, 9.17) is 0 Å². The molecule has 5 nitrogen and oxygen atoms in total. The van der Waals surface area contributed by atoms with Crippen molar-refractivity contribution < 1.29 is 4.79 Å². The second-order valence-corrected chi connectivity index (χ2v) is 6.07. The molecule has 1 aromatic heterocycles.